The molecule has 0 atom stereocenters. The van der Waals surface area contributed by atoms with E-state index in [1.807, 2.05) is 0 Å². The van der Waals surface area contributed by atoms with E-state index in [9.17, 15) is 14.3 Å². The SMILES string of the molecule is O=C(Nc1ccc(I)cc1Cl)c1ccc(F)cc1O. The molecule has 0 radical (unpaired) electrons. The molecule has 0 aliphatic rings. The third kappa shape index (κ3) is 3.36. The molecule has 2 aromatic carbocycles. The number of phenolic OH excluding ortho intramolecular Hbond substituents is 1. The Balaban J connectivity index is 2.25. The zero-order valence-corrected chi connectivity index (χ0v) is 12.4. The number of halogens is 3. The first-order valence-electron chi connectivity index (χ1n) is 5.22. The standard InChI is InChI=1S/C13H8ClFINO2/c14-10-6-8(16)2-4-11(10)17-13(19)9-3-1-7(15)5-12(9)18/h1-6,18H,(H,17,19). The van der Waals surface area contributed by atoms with Crippen LogP contribution in [0.4, 0.5) is 10.1 Å². The summed E-state index contributed by atoms with van der Waals surface area (Å²) in [5.41, 5.74) is 0.409. The molecule has 6 heteroatoms. The lowest BCUT2D eigenvalue weighted by Gasteiger charge is -2.08. The zero-order valence-electron chi connectivity index (χ0n) is 9.45. The number of carbonyl (C=O) groups is 1. The molecule has 0 bridgehead atoms. The number of anilines is 1. The molecule has 2 aromatic rings. The highest BCUT2D eigenvalue weighted by Crippen LogP contribution is 2.26. The Morgan fingerprint density at radius 3 is 2.63 bits per heavy atom. The lowest BCUT2D eigenvalue weighted by molar-refractivity contribution is 0.102. The molecular weight excluding hydrogens is 384 g/mol. The van der Waals surface area contributed by atoms with Gasteiger partial charge in [0.05, 0.1) is 16.3 Å². The number of benzene rings is 2. The summed E-state index contributed by atoms with van der Waals surface area (Å²) >= 11 is 8.08. The van der Waals surface area contributed by atoms with E-state index in [1.54, 1.807) is 18.2 Å². The molecule has 0 spiro atoms. The van der Waals surface area contributed by atoms with Crippen molar-refractivity contribution in [3.05, 3.63) is 56.4 Å². The fourth-order valence-corrected chi connectivity index (χ4v) is 2.38. The third-order valence-electron chi connectivity index (χ3n) is 2.38. The quantitative estimate of drug-likeness (QED) is 0.759. The summed E-state index contributed by atoms with van der Waals surface area (Å²) in [5, 5.41) is 12.5. The second kappa shape index (κ2) is 5.75. The van der Waals surface area contributed by atoms with E-state index in [2.05, 4.69) is 27.9 Å². The van der Waals surface area contributed by atoms with Gasteiger partial charge < -0.3 is 10.4 Å². The van der Waals surface area contributed by atoms with E-state index in [1.165, 1.54) is 6.07 Å². The maximum absolute atomic E-state index is 12.8. The Hall–Kier alpha value is -1.34. The number of carbonyl (C=O) groups excluding carboxylic acids is 1. The van der Waals surface area contributed by atoms with Crippen molar-refractivity contribution in [1.29, 1.82) is 0 Å². The first kappa shape index (κ1) is 14.1. The van der Waals surface area contributed by atoms with Crippen LogP contribution in [0.5, 0.6) is 5.75 Å². The average Bonchev–Trinajstić information content (AvgIpc) is 2.32. The minimum Gasteiger partial charge on any atom is -0.507 e. The Morgan fingerprint density at radius 2 is 2.00 bits per heavy atom. The summed E-state index contributed by atoms with van der Waals surface area (Å²) < 4.78 is 13.8. The van der Waals surface area contributed by atoms with Gasteiger partial charge in [-0.3, -0.25) is 4.79 Å². The van der Waals surface area contributed by atoms with Crippen LogP contribution in [0, 0.1) is 9.39 Å². The van der Waals surface area contributed by atoms with Crippen LogP contribution in [0.1, 0.15) is 10.4 Å². The number of rotatable bonds is 2. The molecule has 0 saturated heterocycles. The van der Waals surface area contributed by atoms with Crippen LogP contribution in [-0.4, -0.2) is 11.0 Å². The third-order valence-corrected chi connectivity index (χ3v) is 3.37. The van der Waals surface area contributed by atoms with Gasteiger partial charge in [-0.25, -0.2) is 4.39 Å². The highest BCUT2D eigenvalue weighted by Gasteiger charge is 2.13. The van der Waals surface area contributed by atoms with Gasteiger partial charge in [0.1, 0.15) is 11.6 Å². The van der Waals surface area contributed by atoms with Gasteiger partial charge in [-0.1, -0.05) is 11.6 Å². The molecule has 0 aliphatic carbocycles. The molecule has 0 aromatic heterocycles. The van der Waals surface area contributed by atoms with Crippen molar-refractivity contribution in [1.82, 2.24) is 0 Å². The van der Waals surface area contributed by atoms with E-state index < -0.39 is 17.5 Å². The van der Waals surface area contributed by atoms with Gasteiger partial charge in [-0.15, -0.1) is 0 Å². The van der Waals surface area contributed by atoms with Crippen LogP contribution in [-0.2, 0) is 0 Å². The number of aromatic hydroxyl groups is 1. The van der Waals surface area contributed by atoms with Gasteiger partial charge in [-0.05, 0) is 52.9 Å². The predicted octanol–water partition coefficient (Wildman–Crippen LogP) is 4.04. The summed E-state index contributed by atoms with van der Waals surface area (Å²) in [4.78, 5) is 11.9. The molecule has 0 fully saturated rings. The van der Waals surface area contributed by atoms with Gasteiger partial charge in [0.15, 0.2) is 0 Å². The van der Waals surface area contributed by atoms with Crippen molar-refractivity contribution in [3.63, 3.8) is 0 Å². The first-order chi connectivity index (χ1) is 8.97. The van der Waals surface area contributed by atoms with Crippen LogP contribution in [0.15, 0.2) is 36.4 Å². The molecule has 0 unspecified atom stereocenters. The molecule has 0 heterocycles. The van der Waals surface area contributed by atoms with Gasteiger partial charge in [0, 0.05) is 9.64 Å². The molecule has 3 nitrogen and oxygen atoms in total. The smallest absolute Gasteiger partial charge is 0.259 e. The summed E-state index contributed by atoms with van der Waals surface area (Å²) in [6.07, 6.45) is 0. The molecular formula is C13H8ClFINO2. The molecule has 98 valence electrons. The molecule has 2 N–H and O–H groups in total. The van der Waals surface area contributed by atoms with Crippen LogP contribution in [0.2, 0.25) is 5.02 Å². The van der Waals surface area contributed by atoms with Gasteiger partial charge in [0.25, 0.3) is 5.91 Å². The zero-order chi connectivity index (χ0) is 14.0. The van der Waals surface area contributed by atoms with Crippen molar-refractivity contribution < 1.29 is 14.3 Å². The lowest BCUT2D eigenvalue weighted by atomic mass is 10.2. The maximum atomic E-state index is 12.8. The molecule has 0 saturated carbocycles. The fourth-order valence-electron chi connectivity index (χ4n) is 1.48. The predicted molar refractivity (Wildman–Crippen MR) is 80.2 cm³/mol. The van der Waals surface area contributed by atoms with Crippen molar-refractivity contribution in [2.75, 3.05) is 5.32 Å². The minimum atomic E-state index is -0.610. The topological polar surface area (TPSA) is 49.3 Å². The van der Waals surface area contributed by atoms with Crippen molar-refractivity contribution >= 4 is 45.8 Å². The summed E-state index contributed by atoms with van der Waals surface area (Å²) in [6.45, 7) is 0. The highest BCUT2D eigenvalue weighted by atomic mass is 127. The summed E-state index contributed by atoms with van der Waals surface area (Å²) in [5.74, 6) is -1.58. The number of amides is 1. The van der Waals surface area contributed by atoms with Crippen LogP contribution >= 0.6 is 34.2 Å². The van der Waals surface area contributed by atoms with Crippen molar-refractivity contribution in [2.45, 2.75) is 0 Å². The van der Waals surface area contributed by atoms with E-state index in [4.69, 9.17) is 11.6 Å². The van der Waals surface area contributed by atoms with E-state index in [0.717, 1.165) is 15.7 Å². The molecule has 0 aliphatic heterocycles. The number of hydrogen-bond acceptors (Lipinski definition) is 2. The molecule has 19 heavy (non-hydrogen) atoms. The maximum Gasteiger partial charge on any atom is 0.259 e. The fraction of sp³-hybridized carbons (Fsp3) is 0. The largest absolute Gasteiger partial charge is 0.507 e. The van der Waals surface area contributed by atoms with E-state index in [0.29, 0.717) is 10.7 Å². The second-order valence-electron chi connectivity index (χ2n) is 3.74. The van der Waals surface area contributed by atoms with Crippen LogP contribution in [0.3, 0.4) is 0 Å². The Kier molecular flexibility index (Phi) is 4.26. The normalized spacial score (nSPS) is 10.3. The van der Waals surface area contributed by atoms with Gasteiger partial charge >= 0.3 is 0 Å². The van der Waals surface area contributed by atoms with Gasteiger partial charge in [-0.2, -0.15) is 0 Å². The second-order valence-corrected chi connectivity index (χ2v) is 5.39. The minimum absolute atomic E-state index is 0.0176. The van der Waals surface area contributed by atoms with Crippen LogP contribution < -0.4 is 5.32 Å². The monoisotopic (exact) mass is 391 g/mol. The molecule has 1 amide bonds. The Bertz CT molecular complexity index is 649. The van der Waals surface area contributed by atoms with Crippen molar-refractivity contribution in [3.8, 4) is 5.75 Å². The van der Waals surface area contributed by atoms with Crippen molar-refractivity contribution in [2.24, 2.45) is 0 Å². The Morgan fingerprint density at radius 1 is 1.26 bits per heavy atom. The average molecular weight is 392 g/mol. The van der Waals surface area contributed by atoms with Crippen LogP contribution in [0.25, 0.3) is 0 Å². The van der Waals surface area contributed by atoms with E-state index >= 15 is 0 Å². The number of hydrogen-bond donors (Lipinski definition) is 2. The lowest BCUT2D eigenvalue weighted by Crippen LogP contribution is -2.12. The Labute approximate surface area is 127 Å². The summed E-state index contributed by atoms with van der Waals surface area (Å²) in [7, 11) is 0. The number of nitrogens with one attached hydrogen (secondary N) is 1. The number of phenols is 1. The van der Waals surface area contributed by atoms with Gasteiger partial charge in [0.2, 0.25) is 0 Å². The summed E-state index contributed by atoms with van der Waals surface area (Å²) in [6, 6.07) is 8.33. The first-order valence-corrected chi connectivity index (χ1v) is 6.68. The highest BCUT2D eigenvalue weighted by molar-refractivity contribution is 14.1. The molecule has 2 rings (SSSR count). The van der Waals surface area contributed by atoms with E-state index in [-0.39, 0.29) is 5.56 Å².